The molecular formula is C14H30Cl2N4O2. The van der Waals surface area contributed by atoms with Gasteiger partial charge in [-0.25, -0.2) is 0 Å². The van der Waals surface area contributed by atoms with E-state index >= 15 is 0 Å². The zero-order valence-electron chi connectivity index (χ0n) is 13.8. The van der Waals surface area contributed by atoms with Crippen LogP contribution in [0.3, 0.4) is 0 Å². The smallest absolute Gasteiger partial charge is 0.236 e. The third-order valence-corrected chi connectivity index (χ3v) is 3.93. The number of likely N-dealkylation sites (N-methyl/N-ethyl adjacent to an activating group) is 1. The highest BCUT2D eigenvalue weighted by Gasteiger charge is 2.25. The number of rotatable bonds is 6. The first-order chi connectivity index (χ1) is 9.53. The van der Waals surface area contributed by atoms with Crippen molar-refractivity contribution in [2.75, 3.05) is 52.4 Å². The lowest BCUT2D eigenvalue weighted by Crippen LogP contribution is -2.53. The summed E-state index contributed by atoms with van der Waals surface area (Å²) in [6, 6.07) is 0. The first kappa shape index (κ1) is 23.7. The van der Waals surface area contributed by atoms with Crippen molar-refractivity contribution in [3.05, 3.63) is 0 Å². The molecule has 0 aliphatic carbocycles. The lowest BCUT2D eigenvalue weighted by Gasteiger charge is -2.36. The van der Waals surface area contributed by atoms with Crippen LogP contribution in [0.5, 0.6) is 0 Å². The lowest BCUT2D eigenvalue weighted by atomic mass is 10.1. The fourth-order valence-corrected chi connectivity index (χ4v) is 2.41. The van der Waals surface area contributed by atoms with Crippen LogP contribution in [0.4, 0.5) is 0 Å². The number of hydrogen-bond acceptors (Lipinski definition) is 4. The summed E-state index contributed by atoms with van der Waals surface area (Å²) in [6.45, 7) is 11.1. The fourth-order valence-electron chi connectivity index (χ4n) is 2.41. The molecule has 1 aliphatic rings. The SMILES string of the molecule is CCN(CC)C(=O)CN1CCN(C(=O)C(C)CN)CC1.Cl.Cl. The topological polar surface area (TPSA) is 69.9 Å². The van der Waals surface area contributed by atoms with Crippen LogP contribution in [0, 0.1) is 5.92 Å². The van der Waals surface area contributed by atoms with Crippen molar-refractivity contribution < 1.29 is 9.59 Å². The number of hydrogen-bond donors (Lipinski definition) is 1. The highest BCUT2D eigenvalue weighted by molar-refractivity contribution is 5.85. The molecule has 8 heteroatoms. The minimum atomic E-state index is -0.112. The van der Waals surface area contributed by atoms with E-state index in [0.717, 1.165) is 26.2 Å². The van der Waals surface area contributed by atoms with Crippen LogP contribution in [0.1, 0.15) is 20.8 Å². The molecule has 2 N–H and O–H groups in total. The summed E-state index contributed by atoms with van der Waals surface area (Å²) in [7, 11) is 0. The van der Waals surface area contributed by atoms with E-state index < -0.39 is 0 Å². The van der Waals surface area contributed by atoms with Gasteiger partial charge >= 0.3 is 0 Å². The van der Waals surface area contributed by atoms with Gasteiger partial charge in [0.25, 0.3) is 0 Å². The van der Waals surface area contributed by atoms with Crippen LogP contribution >= 0.6 is 24.8 Å². The maximum absolute atomic E-state index is 12.0. The Kier molecular flexibility index (Phi) is 12.9. The van der Waals surface area contributed by atoms with Gasteiger partial charge in [0.05, 0.1) is 6.54 Å². The van der Waals surface area contributed by atoms with Gasteiger partial charge in [0.15, 0.2) is 0 Å². The second kappa shape index (κ2) is 11.9. The Bertz CT molecular complexity index is 333. The monoisotopic (exact) mass is 356 g/mol. The number of halogens is 2. The Morgan fingerprint density at radius 1 is 1.09 bits per heavy atom. The zero-order chi connectivity index (χ0) is 15.1. The normalized spacial score (nSPS) is 16.3. The summed E-state index contributed by atoms with van der Waals surface area (Å²) < 4.78 is 0. The molecule has 1 heterocycles. The lowest BCUT2D eigenvalue weighted by molar-refractivity contribution is -0.137. The summed E-state index contributed by atoms with van der Waals surface area (Å²) in [5, 5.41) is 0. The highest BCUT2D eigenvalue weighted by atomic mass is 35.5. The van der Waals surface area contributed by atoms with Gasteiger partial charge < -0.3 is 15.5 Å². The molecule has 1 fully saturated rings. The van der Waals surface area contributed by atoms with Gasteiger partial charge in [-0.3, -0.25) is 14.5 Å². The highest BCUT2D eigenvalue weighted by Crippen LogP contribution is 2.07. The Hall–Kier alpha value is -0.560. The summed E-state index contributed by atoms with van der Waals surface area (Å²) in [5.74, 6) is 0.186. The quantitative estimate of drug-likeness (QED) is 0.749. The number of carbonyl (C=O) groups is 2. The Morgan fingerprint density at radius 3 is 2.00 bits per heavy atom. The van der Waals surface area contributed by atoms with E-state index in [0.29, 0.717) is 26.2 Å². The van der Waals surface area contributed by atoms with Gasteiger partial charge in [0.1, 0.15) is 0 Å². The van der Waals surface area contributed by atoms with Crippen LogP contribution in [-0.2, 0) is 9.59 Å². The number of nitrogens with zero attached hydrogens (tertiary/aromatic N) is 3. The van der Waals surface area contributed by atoms with Crippen molar-refractivity contribution in [3.63, 3.8) is 0 Å². The third kappa shape index (κ3) is 6.69. The van der Waals surface area contributed by atoms with E-state index in [1.807, 2.05) is 30.6 Å². The van der Waals surface area contributed by atoms with Crippen molar-refractivity contribution in [3.8, 4) is 0 Å². The second-order valence-electron chi connectivity index (χ2n) is 5.30. The van der Waals surface area contributed by atoms with Crippen molar-refractivity contribution in [2.45, 2.75) is 20.8 Å². The van der Waals surface area contributed by atoms with Gasteiger partial charge in [-0.15, -0.1) is 24.8 Å². The molecule has 1 saturated heterocycles. The molecule has 0 aromatic rings. The summed E-state index contributed by atoms with van der Waals surface area (Å²) in [5.41, 5.74) is 5.53. The van der Waals surface area contributed by atoms with Crippen molar-refractivity contribution >= 4 is 36.6 Å². The van der Waals surface area contributed by atoms with Gasteiger partial charge in [0.2, 0.25) is 11.8 Å². The van der Waals surface area contributed by atoms with E-state index in [4.69, 9.17) is 5.73 Å². The molecule has 6 nitrogen and oxygen atoms in total. The molecule has 1 aliphatic heterocycles. The molecule has 0 aromatic heterocycles. The van der Waals surface area contributed by atoms with Crippen LogP contribution in [-0.4, -0.2) is 78.9 Å². The van der Waals surface area contributed by atoms with Crippen LogP contribution in [0.2, 0.25) is 0 Å². The van der Waals surface area contributed by atoms with E-state index in [9.17, 15) is 9.59 Å². The second-order valence-corrected chi connectivity index (χ2v) is 5.30. The molecule has 0 saturated carbocycles. The molecule has 132 valence electrons. The van der Waals surface area contributed by atoms with Gasteiger partial charge in [-0.2, -0.15) is 0 Å². The van der Waals surface area contributed by atoms with E-state index in [1.54, 1.807) is 0 Å². The predicted octanol–water partition coefficient (Wildman–Crippen LogP) is 0.437. The summed E-state index contributed by atoms with van der Waals surface area (Å²) in [6.07, 6.45) is 0. The van der Waals surface area contributed by atoms with Crippen molar-refractivity contribution in [1.29, 1.82) is 0 Å². The molecule has 0 aromatic carbocycles. The summed E-state index contributed by atoms with van der Waals surface area (Å²) >= 11 is 0. The maximum Gasteiger partial charge on any atom is 0.236 e. The minimum absolute atomic E-state index is 0. The number of piperazine rings is 1. The average molecular weight is 357 g/mol. The number of amides is 2. The van der Waals surface area contributed by atoms with E-state index in [1.165, 1.54) is 0 Å². The first-order valence-electron chi connectivity index (χ1n) is 7.52. The largest absolute Gasteiger partial charge is 0.342 e. The van der Waals surface area contributed by atoms with Gasteiger partial charge in [0, 0.05) is 51.7 Å². The van der Waals surface area contributed by atoms with Crippen molar-refractivity contribution in [1.82, 2.24) is 14.7 Å². The van der Waals surface area contributed by atoms with Crippen LogP contribution in [0.25, 0.3) is 0 Å². The third-order valence-electron chi connectivity index (χ3n) is 3.93. The first-order valence-corrected chi connectivity index (χ1v) is 7.52. The maximum atomic E-state index is 12.0. The molecule has 1 unspecified atom stereocenters. The van der Waals surface area contributed by atoms with E-state index in [2.05, 4.69) is 4.90 Å². The Labute approximate surface area is 146 Å². The summed E-state index contributed by atoms with van der Waals surface area (Å²) in [4.78, 5) is 29.9. The van der Waals surface area contributed by atoms with E-state index in [-0.39, 0.29) is 42.5 Å². The molecule has 22 heavy (non-hydrogen) atoms. The molecule has 1 rings (SSSR count). The van der Waals surface area contributed by atoms with Crippen LogP contribution < -0.4 is 5.73 Å². The average Bonchev–Trinajstić information content (AvgIpc) is 2.47. The van der Waals surface area contributed by atoms with Crippen molar-refractivity contribution in [2.24, 2.45) is 11.7 Å². The molecule has 1 atom stereocenters. The zero-order valence-corrected chi connectivity index (χ0v) is 15.4. The number of nitrogens with two attached hydrogens (primary N) is 1. The Morgan fingerprint density at radius 2 is 1.59 bits per heavy atom. The Balaban J connectivity index is 0. The standard InChI is InChI=1S/C14H28N4O2.2ClH/c1-4-17(5-2)13(19)11-16-6-8-18(9-7-16)14(20)12(3)10-15;;/h12H,4-11,15H2,1-3H3;2*1H. The predicted molar refractivity (Wildman–Crippen MR) is 93.7 cm³/mol. The van der Waals surface area contributed by atoms with Crippen LogP contribution in [0.15, 0.2) is 0 Å². The van der Waals surface area contributed by atoms with Gasteiger partial charge in [-0.1, -0.05) is 6.92 Å². The molecule has 0 bridgehead atoms. The minimum Gasteiger partial charge on any atom is -0.342 e. The molecular weight excluding hydrogens is 327 g/mol. The number of carbonyl (C=O) groups excluding carboxylic acids is 2. The fraction of sp³-hybridized carbons (Fsp3) is 0.857. The molecule has 0 radical (unpaired) electrons. The molecule has 0 spiro atoms. The van der Waals surface area contributed by atoms with Gasteiger partial charge in [-0.05, 0) is 13.8 Å². The molecule has 2 amide bonds.